The maximum Gasteiger partial charge on any atom is 0.291 e. The van der Waals surface area contributed by atoms with E-state index < -0.39 is 6.10 Å². The molecule has 0 aliphatic carbocycles. The third-order valence-electron chi connectivity index (χ3n) is 4.19. The minimum absolute atomic E-state index is 0.261. The number of aromatic nitrogens is 3. The molecule has 1 aliphatic rings. The van der Waals surface area contributed by atoms with Crippen LogP contribution in [-0.4, -0.2) is 21.2 Å². The van der Waals surface area contributed by atoms with Crippen LogP contribution in [0.25, 0.3) is 11.0 Å². The van der Waals surface area contributed by atoms with Gasteiger partial charge in [0, 0.05) is 5.56 Å². The molecule has 8 heteroatoms. The van der Waals surface area contributed by atoms with Gasteiger partial charge in [-0.25, -0.2) is 4.39 Å². The highest BCUT2D eigenvalue weighted by Crippen LogP contribution is 2.35. The van der Waals surface area contributed by atoms with E-state index in [9.17, 15) is 9.18 Å². The number of thiazole rings is 1. The molecule has 0 saturated heterocycles. The second kappa shape index (κ2) is 6.17. The van der Waals surface area contributed by atoms with E-state index in [-0.39, 0.29) is 18.0 Å². The van der Waals surface area contributed by atoms with Crippen molar-refractivity contribution in [1.29, 1.82) is 0 Å². The molecule has 5 rings (SSSR count). The lowest BCUT2D eigenvalue weighted by atomic mass is 10.2. The maximum absolute atomic E-state index is 13.8. The third kappa shape index (κ3) is 2.74. The molecule has 134 valence electrons. The molecule has 1 unspecified atom stereocenters. The Hall–Kier alpha value is -3.26. The lowest BCUT2D eigenvalue weighted by molar-refractivity contribution is 0.0852. The fourth-order valence-corrected chi connectivity index (χ4v) is 3.77. The van der Waals surface area contributed by atoms with E-state index in [1.807, 2.05) is 18.2 Å². The van der Waals surface area contributed by atoms with Gasteiger partial charge in [0.05, 0.1) is 4.53 Å². The monoisotopic (exact) mass is 381 g/mol. The van der Waals surface area contributed by atoms with Crippen molar-refractivity contribution in [2.45, 2.75) is 6.10 Å². The van der Waals surface area contributed by atoms with Crippen molar-refractivity contribution in [3.8, 4) is 11.5 Å². The summed E-state index contributed by atoms with van der Waals surface area (Å²) in [7, 11) is 0. The molecule has 2 aromatic heterocycles. The number of fused-ring (bicyclic) bond motifs is 2. The van der Waals surface area contributed by atoms with Crippen LogP contribution in [0.1, 0.15) is 17.5 Å². The highest BCUT2D eigenvalue weighted by Gasteiger charge is 2.27. The lowest BCUT2D eigenvalue weighted by Gasteiger charge is -2.24. The van der Waals surface area contributed by atoms with Crippen LogP contribution in [0.15, 0.2) is 53.3 Å². The first-order valence-corrected chi connectivity index (χ1v) is 9.05. The van der Waals surface area contributed by atoms with Crippen molar-refractivity contribution in [3.05, 3.63) is 80.6 Å². The first-order chi connectivity index (χ1) is 13.2. The van der Waals surface area contributed by atoms with Crippen LogP contribution in [-0.2, 0) is 0 Å². The van der Waals surface area contributed by atoms with Gasteiger partial charge >= 0.3 is 0 Å². The van der Waals surface area contributed by atoms with Gasteiger partial charge < -0.3 is 9.47 Å². The van der Waals surface area contributed by atoms with Crippen molar-refractivity contribution in [2.75, 3.05) is 6.61 Å². The van der Waals surface area contributed by atoms with Crippen LogP contribution in [0.5, 0.6) is 11.5 Å². The molecular formula is C19H12FN3O3S. The van der Waals surface area contributed by atoms with E-state index in [2.05, 4.69) is 10.1 Å². The second-order valence-corrected chi connectivity index (χ2v) is 6.98. The standard InChI is InChI=1S/C19H12FN3O3S/c20-12-6-2-1-5-11(12)9-16-18(24)23-19(27-16)21-17(22-23)15-10-25-13-7-3-4-8-14(13)26-15/h1-9,15H,10H2. The molecule has 0 spiro atoms. The molecule has 1 atom stereocenters. The fourth-order valence-electron chi connectivity index (χ4n) is 2.87. The topological polar surface area (TPSA) is 65.7 Å². The zero-order valence-corrected chi connectivity index (χ0v) is 14.6. The van der Waals surface area contributed by atoms with Gasteiger partial charge in [-0.3, -0.25) is 4.79 Å². The molecule has 0 amide bonds. The van der Waals surface area contributed by atoms with E-state index in [4.69, 9.17) is 9.47 Å². The predicted octanol–water partition coefficient (Wildman–Crippen LogP) is 2.35. The SMILES string of the molecule is O=c1c(=Cc2ccccc2F)sc2nc(C3COc4ccccc4O3)nn12. The summed E-state index contributed by atoms with van der Waals surface area (Å²) in [5.74, 6) is 1.28. The van der Waals surface area contributed by atoms with E-state index in [1.54, 1.807) is 24.3 Å². The first-order valence-electron chi connectivity index (χ1n) is 8.23. The number of ether oxygens (including phenoxy) is 2. The Morgan fingerprint density at radius 3 is 2.74 bits per heavy atom. The summed E-state index contributed by atoms with van der Waals surface area (Å²) in [5.41, 5.74) is 0.00841. The Labute approximate surface area is 156 Å². The predicted molar refractivity (Wildman–Crippen MR) is 97.6 cm³/mol. The number of para-hydroxylation sites is 2. The zero-order valence-electron chi connectivity index (χ0n) is 13.8. The van der Waals surface area contributed by atoms with Gasteiger partial charge in [-0.1, -0.05) is 41.7 Å². The van der Waals surface area contributed by atoms with Crippen molar-refractivity contribution < 1.29 is 13.9 Å². The van der Waals surface area contributed by atoms with Crippen molar-refractivity contribution in [2.24, 2.45) is 0 Å². The Morgan fingerprint density at radius 1 is 1.15 bits per heavy atom. The van der Waals surface area contributed by atoms with Gasteiger partial charge in [-0.05, 0) is 24.3 Å². The molecule has 0 N–H and O–H groups in total. The van der Waals surface area contributed by atoms with Crippen LogP contribution in [0.4, 0.5) is 4.39 Å². The fraction of sp³-hybridized carbons (Fsp3) is 0.105. The second-order valence-electron chi connectivity index (χ2n) is 5.97. The van der Waals surface area contributed by atoms with Crippen LogP contribution >= 0.6 is 11.3 Å². The molecule has 2 aromatic carbocycles. The van der Waals surface area contributed by atoms with Crippen molar-refractivity contribution in [1.82, 2.24) is 14.6 Å². The molecule has 0 fully saturated rings. The summed E-state index contributed by atoms with van der Waals surface area (Å²) in [6, 6.07) is 13.6. The van der Waals surface area contributed by atoms with Gasteiger partial charge in [0.2, 0.25) is 4.96 Å². The summed E-state index contributed by atoms with van der Waals surface area (Å²) in [6.07, 6.45) is 1.01. The Kier molecular flexibility index (Phi) is 3.64. The van der Waals surface area contributed by atoms with E-state index in [0.29, 0.717) is 32.4 Å². The smallest absolute Gasteiger partial charge is 0.291 e. The third-order valence-corrected chi connectivity index (χ3v) is 5.15. The molecule has 0 radical (unpaired) electrons. The number of halogens is 1. The van der Waals surface area contributed by atoms with Crippen molar-refractivity contribution in [3.63, 3.8) is 0 Å². The van der Waals surface area contributed by atoms with Gasteiger partial charge in [-0.15, -0.1) is 5.10 Å². The molecule has 6 nitrogen and oxygen atoms in total. The number of rotatable bonds is 2. The summed E-state index contributed by atoms with van der Waals surface area (Å²) < 4.78 is 27.0. The first kappa shape index (κ1) is 16.0. The lowest BCUT2D eigenvalue weighted by Crippen LogP contribution is -2.26. The number of hydrogen-bond donors (Lipinski definition) is 0. The van der Waals surface area contributed by atoms with Crippen LogP contribution < -0.4 is 19.6 Å². The minimum atomic E-state index is -0.495. The summed E-state index contributed by atoms with van der Waals surface area (Å²) in [5, 5.41) is 4.28. The highest BCUT2D eigenvalue weighted by molar-refractivity contribution is 7.15. The molecule has 1 aliphatic heterocycles. The van der Waals surface area contributed by atoms with Crippen molar-refractivity contribution >= 4 is 22.4 Å². The van der Waals surface area contributed by atoms with Gasteiger partial charge in [0.15, 0.2) is 23.4 Å². The molecule has 27 heavy (non-hydrogen) atoms. The molecule has 0 saturated carbocycles. The minimum Gasteiger partial charge on any atom is -0.485 e. The Balaban J connectivity index is 1.52. The maximum atomic E-state index is 13.8. The average Bonchev–Trinajstić information content (AvgIpc) is 3.23. The van der Waals surface area contributed by atoms with Gasteiger partial charge in [0.25, 0.3) is 5.56 Å². The van der Waals surface area contributed by atoms with Crippen LogP contribution in [0.3, 0.4) is 0 Å². The van der Waals surface area contributed by atoms with Gasteiger partial charge in [-0.2, -0.15) is 9.50 Å². The van der Waals surface area contributed by atoms with E-state index in [1.165, 1.54) is 16.7 Å². The van der Waals surface area contributed by atoms with Crippen LogP contribution in [0.2, 0.25) is 0 Å². The molecule has 3 heterocycles. The molecule has 4 aromatic rings. The average molecular weight is 381 g/mol. The summed E-state index contributed by atoms with van der Waals surface area (Å²) in [6.45, 7) is 0.261. The zero-order chi connectivity index (χ0) is 18.4. The number of nitrogens with zero attached hydrogens (tertiary/aromatic N) is 3. The normalized spacial score (nSPS) is 16.8. The van der Waals surface area contributed by atoms with E-state index >= 15 is 0 Å². The quantitative estimate of drug-likeness (QED) is 0.533. The van der Waals surface area contributed by atoms with Crippen LogP contribution in [0, 0.1) is 5.82 Å². The van der Waals surface area contributed by atoms with E-state index in [0.717, 1.165) is 11.3 Å². The molecule has 0 bridgehead atoms. The Morgan fingerprint density at radius 2 is 1.93 bits per heavy atom. The van der Waals surface area contributed by atoms with Gasteiger partial charge in [0.1, 0.15) is 12.4 Å². The molecular weight excluding hydrogens is 369 g/mol. The Bertz CT molecular complexity index is 1270. The summed E-state index contributed by atoms with van der Waals surface area (Å²) >= 11 is 1.16. The highest BCUT2D eigenvalue weighted by atomic mass is 32.1. The number of benzene rings is 2. The summed E-state index contributed by atoms with van der Waals surface area (Å²) in [4.78, 5) is 17.4. The largest absolute Gasteiger partial charge is 0.485 e. The number of hydrogen-bond acceptors (Lipinski definition) is 6.